The van der Waals surface area contributed by atoms with Gasteiger partial charge in [0.25, 0.3) is 11.1 Å². The maximum atomic E-state index is 12.7. The molecule has 0 aromatic heterocycles. The van der Waals surface area contributed by atoms with Gasteiger partial charge in [-0.15, -0.1) is 0 Å². The Morgan fingerprint density at radius 3 is 2.21 bits per heavy atom. The van der Waals surface area contributed by atoms with Crippen LogP contribution in [0.25, 0.3) is 6.08 Å². The highest BCUT2D eigenvalue weighted by Crippen LogP contribution is 2.34. The van der Waals surface area contributed by atoms with E-state index in [1.807, 2.05) is 54.6 Å². The first-order valence-corrected chi connectivity index (χ1v) is 10.9. The van der Waals surface area contributed by atoms with Crippen molar-refractivity contribution in [3.63, 3.8) is 0 Å². The van der Waals surface area contributed by atoms with Gasteiger partial charge in [-0.1, -0.05) is 65.8 Å². The minimum Gasteiger partial charge on any atom is -0.268 e. The molecule has 29 heavy (non-hydrogen) atoms. The van der Waals surface area contributed by atoms with Crippen LogP contribution in [0.1, 0.15) is 11.1 Å². The molecule has 2 amide bonds. The highest BCUT2D eigenvalue weighted by Gasteiger charge is 2.34. The summed E-state index contributed by atoms with van der Waals surface area (Å²) in [5.74, 6) is -0.266. The monoisotopic (exact) mass is 437 g/mol. The maximum Gasteiger partial charge on any atom is 0.293 e. The summed E-state index contributed by atoms with van der Waals surface area (Å²) in [7, 11) is 0. The van der Waals surface area contributed by atoms with Crippen LogP contribution in [0.2, 0.25) is 5.02 Å². The second kappa shape index (κ2) is 8.91. The van der Waals surface area contributed by atoms with Crippen molar-refractivity contribution in [3.05, 3.63) is 99.9 Å². The van der Waals surface area contributed by atoms with Crippen LogP contribution < -0.4 is 0 Å². The summed E-state index contributed by atoms with van der Waals surface area (Å²) in [5, 5.41) is 0.365. The second-order valence-electron chi connectivity index (χ2n) is 6.38. The Bertz CT molecular complexity index is 1060. The Morgan fingerprint density at radius 2 is 1.52 bits per heavy atom. The first kappa shape index (κ1) is 19.8. The zero-order valence-electron chi connectivity index (χ0n) is 15.2. The van der Waals surface area contributed by atoms with Gasteiger partial charge in [-0.05, 0) is 65.4 Å². The van der Waals surface area contributed by atoms with Crippen molar-refractivity contribution >= 4 is 52.3 Å². The number of carbonyl (C=O) groups excluding carboxylic acids is 2. The summed E-state index contributed by atoms with van der Waals surface area (Å²) in [6.45, 7) is 0.242. The van der Waals surface area contributed by atoms with Crippen LogP contribution in [0, 0.1) is 0 Å². The van der Waals surface area contributed by atoms with Gasteiger partial charge in [0, 0.05) is 14.8 Å². The Balaban J connectivity index is 1.46. The molecule has 0 aliphatic carbocycles. The van der Waals surface area contributed by atoms with Gasteiger partial charge in [0.15, 0.2) is 0 Å². The predicted octanol–water partition coefficient (Wildman–Crippen LogP) is 6.73. The molecule has 0 bridgehead atoms. The molecule has 1 aliphatic rings. The minimum absolute atomic E-state index is 0.242. The fraction of sp³-hybridized carbons (Fsp3) is 0.0435. The largest absolute Gasteiger partial charge is 0.293 e. The first-order chi connectivity index (χ1) is 14.1. The zero-order chi connectivity index (χ0) is 20.2. The fourth-order valence-corrected chi connectivity index (χ4v) is 4.62. The number of amides is 2. The molecule has 1 heterocycles. The molecule has 0 radical (unpaired) electrons. The second-order valence-corrected chi connectivity index (χ2v) is 8.96. The van der Waals surface area contributed by atoms with E-state index in [0.29, 0.717) is 9.93 Å². The van der Waals surface area contributed by atoms with Crippen LogP contribution in [-0.2, 0) is 11.3 Å². The Labute approximate surface area is 182 Å². The molecule has 6 heteroatoms. The third kappa shape index (κ3) is 4.93. The van der Waals surface area contributed by atoms with E-state index < -0.39 is 0 Å². The van der Waals surface area contributed by atoms with Crippen molar-refractivity contribution in [1.29, 1.82) is 0 Å². The van der Waals surface area contributed by atoms with Gasteiger partial charge >= 0.3 is 0 Å². The quantitative estimate of drug-likeness (QED) is 0.415. The fourth-order valence-electron chi connectivity index (χ4n) is 2.82. The van der Waals surface area contributed by atoms with E-state index in [-0.39, 0.29) is 17.7 Å². The summed E-state index contributed by atoms with van der Waals surface area (Å²) in [5.41, 5.74) is 1.75. The van der Waals surface area contributed by atoms with Crippen molar-refractivity contribution in [2.45, 2.75) is 16.3 Å². The van der Waals surface area contributed by atoms with Gasteiger partial charge in [-0.25, -0.2) is 0 Å². The number of halogens is 1. The van der Waals surface area contributed by atoms with Gasteiger partial charge in [-0.3, -0.25) is 14.5 Å². The molecule has 3 aromatic carbocycles. The predicted molar refractivity (Wildman–Crippen MR) is 120 cm³/mol. The summed E-state index contributed by atoms with van der Waals surface area (Å²) < 4.78 is 0. The van der Waals surface area contributed by atoms with Gasteiger partial charge in [0.2, 0.25) is 0 Å². The SMILES string of the molecule is O=C1S/C(=C/c2ccc(Sc3ccccc3)cc2)C(=O)N1Cc1ccc(Cl)cc1. The summed E-state index contributed by atoms with van der Waals surface area (Å²) >= 11 is 8.54. The Kier molecular flexibility index (Phi) is 6.09. The molecule has 0 spiro atoms. The van der Waals surface area contributed by atoms with Gasteiger partial charge in [-0.2, -0.15) is 0 Å². The van der Waals surface area contributed by atoms with E-state index in [4.69, 9.17) is 11.6 Å². The third-order valence-electron chi connectivity index (χ3n) is 4.28. The molecule has 3 nitrogen and oxygen atoms in total. The smallest absolute Gasteiger partial charge is 0.268 e. The van der Waals surface area contributed by atoms with Crippen LogP contribution in [0.4, 0.5) is 4.79 Å². The molecule has 4 rings (SSSR count). The number of hydrogen-bond donors (Lipinski definition) is 0. The number of rotatable bonds is 5. The van der Waals surface area contributed by atoms with Crippen LogP contribution in [0.15, 0.2) is 93.6 Å². The normalized spacial score (nSPS) is 15.3. The van der Waals surface area contributed by atoms with E-state index in [1.165, 1.54) is 9.80 Å². The van der Waals surface area contributed by atoms with Crippen LogP contribution in [0.5, 0.6) is 0 Å². The lowest BCUT2D eigenvalue weighted by molar-refractivity contribution is -0.123. The summed E-state index contributed by atoms with van der Waals surface area (Å²) in [6, 6.07) is 25.2. The van der Waals surface area contributed by atoms with E-state index in [1.54, 1.807) is 30.0 Å². The lowest BCUT2D eigenvalue weighted by Gasteiger charge is -2.12. The average molecular weight is 438 g/mol. The van der Waals surface area contributed by atoms with E-state index in [9.17, 15) is 9.59 Å². The average Bonchev–Trinajstić information content (AvgIpc) is 2.99. The lowest BCUT2D eigenvalue weighted by atomic mass is 10.2. The number of imide groups is 1. The summed E-state index contributed by atoms with van der Waals surface area (Å²) in [6.07, 6.45) is 1.77. The van der Waals surface area contributed by atoms with Crippen molar-refractivity contribution in [2.24, 2.45) is 0 Å². The highest BCUT2D eigenvalue weighted by molar-refractivity contribution is 8.18. The highest BCUT2D eigenvalue weighted by atomic mass is 35.5. The van der Waals surface area contributed by atoms with E-state index >= 15 is 0 Å². The summed E-state index contributed by atoms with van der Waals surface area (Å²) in [4.78, 5) is 29.0. The van der Waals surface area contributed by atoms with Crippen molar-refractivity contribution in [3.8, 4) is 0 Å². The van der Waals surface area contributed by atoms with Crippen LogP contribution in [-0.4, -0.2) is 16.0 Å². The number of thioether (sulfide) groups is 1. The molecule has 1 saturated heterocycles. The lowest BCUT2D eigenvalue weighted by Crippen LogP contribution is -2.27. The molecule has 3 aromatic rings. The van der Waals surface area contributed by atoms with Gasteiger partial charge in [0.1, 0.15) is 0 Å². The number of nitrogens with zero attached hydrogens (tertiary/aromatic N) is 1. The van der Waals surface area contributed by atoms with E-state index in [2.05, 4.69) is 12.1 Å². The minimum atomic E-state index is -0.266. The number of carbonyl (C=O) groups is 2. The number of hydrogen-bond acceptors (Lipinski definition) is 4. The first-order valence-electron chi connectivity index (χ1n) is 8.91. The third-order valence-corrected chi connectivity index (χ3v) is 6.46. The molecule has 0 saturated carbocycles. The van der Waals surface area contributed by atoms with E-state index in [0.717, 1.165) is 27.8 Å². The van der Waals surface area contributed by atoms with Crippen molar-refractivity contribution < 1.29 is 9.59 Å². The van der Waals surface area contributed by atoms with Gasteiger partial charge in [0.05, 0.1) is 11.4 Å². The molecule has 0 N–H and O–H groups in total. The molecule has 1 aliphatic heterocycles. The standard InChI is InChI=1S/C23H16ClNO2S2/c24-18-10-6-17(7-11-18)15-25-22(26)21(29-23(25)27)14-16-8-12-20(13-9-16)28-19-4-2-1-3-5-19/h1-14H,15H2/b21-14+. The maximum absolute atomic E-state index is 12.7. The zero-order valence-corrected chi connectivity index (χ0v) is 17.6. The molecular formula is C23H16ClNO2S2. The van der Waals surface area contributed by atoms with Gasteiger partial charge < -0.3 is 0 Å². The topological polar surface area (TPSA) is 37.4 Å². The Morgan fingerprint density at radius 1 is 0.862 bits per heavy atom. The van der Waals surface area contributed by atoms with Crippen molar-refractivity contribution in [1.82, 2.24) is 4.90 Å². The molecule has 144 valence electrons. The van der Waals surface area contributed by atoms with Crippen molar-refractivity contribution in [2.75, 3.05) is 0 Å². The molecular weight excluding hydrogens is 422 g/mol. The Hall–Kier alpha value is -2.47. The molecule has 0 unspecified atom stereocenters. The van der Waals surface area contributed by atoms with Crippen LogP contribution >= 0.6 is 35.1 Å². The number of benzene rings is 3. The van der Waals surface area contributed by atoms with Crippen LogP contribution in [0.3, 0.4) is 0 Å². The molecule has 0 atom stereocenters. The molecule has 1 fully saturated rings.